The molecule has 1 aromatic carbocycles. The van der Waals surface area contributed by atoms with E-state index in [0.717, 1.165) is 22.9 Å². The van der Waals surface area contributed by atoms with Gasteiger partial charge in [0.05, 0.1) is 6.04 Å². The predicted molar refractivity (Wildman–Crippen MR) is 162 cm³/mol. The molecule has 234 valence electrons. The van der Waals surface area contributed by atoms with E-state index in [0.29, 0.717) is 58.2 Å². The van der Waals surface area contributed by atoms with Gasteiger partial charge in [-0.1, -0.05) is 24.6 Å². The largest absolute Gasteiger partial charge is 0.480 e. The summed E-state index contributed by atoms with van der Waals surface area (Å²) in [6.07, 6.45) is 6.49. The Morgan fingerprint density at radius 3 is 1.86 bits per heavy atom. The molecule has 2 aromatic rings. The van der Waals surface area contributed by atoms with Gasteiger partial charge in [-0.15, -0.1) is 0 Å². The molecule has 0 radical (unpaired) electrons. The Bertz CT molecular complexity index is 1140. The van der Waals surface area contributed by atoms with Crippen molar-refractivity contribution in [2.24, 2.45) is 22.9 Å². The molecule has 0 spiro atoms. The molecular weight excluding hydrogens is 540 g/mol. The molecule has 4 unspecified atom stereocenters. The summed E-state index contributed by atoms with van der Waals surface area (Å²) in [4.78, 5) is 54.9. The van der Waals surface area contributed by atoms with Crippen molar-refractivity contribution in [3.05, 3.63) is 36.0 Å². The minimum absolute atomic E-state index is 0.144. The van der Waals surface area contributed by atoms with Crippen molar-refractivity contribution >= 4 is 34.6 Å². The molecule has 13 nitrogen and oxygen atoms in total. The number of H-pyrrole nitrogens is 1. The van der Waals surface area contributed by atoms with E-state index in [9.17, 15) is 24.3 Å². The second-order valence-corrected chi connectivity index (χ2v) is 10.5. The predicted octanol–water partition coefficient (Wildman–Crippen LogP) is -0.0363. The number of rotatable bonds is 21. The van der Waals surface area contributed by atoms with Crippen LogP contribution in [0.3, 0.4) is 0 Å². The molecule has 0 saturated heterocycles. The summed E-state index contributed by atoms with van der Waals surface area (Å²) in [5.74, 6) is -2.84. The summed E-state index contributed by atoms with van der Waals surface area (Å²) >= 11 is 0. The van der Waals surface area contributed by atoms with Crippen LogP contribution in [-0.4, -0.2) is 77.6 Å². The zero-order chi connectivity index (χ0) is 30.9. The number of unbranched alkanes of at least 4 members (excludes halogenated alkanes) is 3. The number of hydrogen-bond donors (Lipinski definition) is 9. The Kier molecular flexibility index (Phi) is 15.5. The first-order chi connectivity index (χ1) is 20.2. The summed E-state index contributed by atoms with van der Waals surface area (Å²) in [6, 6.07) is 3.57. The zero-order valence-corrected chi connectivity index (χ0v) is 24.3. The lowest BCUT2D eigenvalue weighted by Gasteiger charge is -2.25. The zero-order valence-electron chi connectivity index (χ0n) is 24.3. The van der Waals surface area contributed by atoms with E-state index in [1.165, 1.54) is 0 Å². The van der Waals surface area contributed by atoms with Crippen LogP contribution in [0.15, 0.2) is 30.5 Å². The van der Waals surface area contributed by atoms with Gasteiger partial charge in [0.1, 0.15) is 18.1 Å². The van der Waals surface area contributed by atoms with Gasteiger partial charge in [-0.2, -0.15) is 0 Å². The highest BCUT2D eigenvalue weighted by atomic mass is 16.4. The number of carbonyl (C=O) groups excluding carboxylic acids is 3. The number of hydrogen-bond acceptors (Lipinski definition) is 8. The van der Waals surface area contributed by atoms with Gasteiger partial charge in [0, 0.05) is 23.5 Å². The lowest BCUT2D eigenvalue weighted by atomic mass is 10.0. The molecule has 0 aliphatic heterocycles. The van der Waals surface area contributed by atoms with Crippen LogP contribution >= 0.6 is 0 Å². The topological polar surface area (TPSA) is 244 Å². The highest BCUT2D eigenvalue weighted by Gasteiger charge is 2.30. The van der Waals surface area contributed by atoms with E-state index in [1.807, 2.05) is 24.3 Å². The van der Waals surface area contributed by atoms with Crippen LogP contribution in [0.5, 0.6) is 0 Å². The molecule has 0 aliphatic rings. The van der Waals surface area contributed by atoms with Gasteiger partial charge < -0.3 is 49.0 Å². The monoisotopic (exact) mass is 588 g/mol. The number of aromatic amines is 1. The first kappa shape index (κ1) is 34.7. The average molecular weight is 589 g/mol. The Morgan fingerprint density at radius 2 is 1.24 bits per heavy atom. The fraction of sp³-hybridized carbons (Fsp3) is 0.586. The number of carboxylic acids is 1. The number of para-hydroxylation sites is 1. The molecule has 1 aromatic heterocycles. The lowest BCUT2D eigenvalue weighted by Crippen LogP contribution is -2.57. The summed E-state index contributed by atoms with van der Waals surface area (Å²) in [6.45, 7) is 1.31. The molecular formula is C29H48N8O5. The maximum absolute atomic E-state index is 13.7. The number of fused-ring (bicyclic) bond motifs is 1. The molecule has 0 aliphatic carbocycles. The molecule has 13 N–H and O–H groups in total. The van der Waals surface area contributed by atoms with Gasteiger partial charge in [-0.25, -0.2) is 4.79 Å². The average Bonchev–Trinajstić information content (AvgIpc) is 3.38. The standard InChI is InChI=1S/C29H48N8O5/c30-14-6-3-10-21(33)26(38)37-25(17-19-18-34-22-11-2-1-9-20(19)22)28(40)35-23(12-4-7-15-31)27(39)36-24(29(41)42)13-5-8-16-32/h1-2,9,11,18,21,23-25,34H,3-8,10,12-17,30-33H2,(H,35,40)(H,36,39)(H,37,38)(H,41,42). The Hall–Kier alpha value is -3.52. The van der Waals surface area contributed by atoms with Crippen LogP contribution in [-0.2, 0) is 25.6 Å². The Morgan fingerprint density at radius 1 is 0.714 bits per heavy atom. The number of amides is 3. The highest BCUT2D eigenvalue weighted by Crippen LogP contribution is 2.19. The van der Waals surface area contributed by atoms with E-state index in [2.05, 4.69) is 20.9 Å². The lowest BCUT2D eigenvalue weighted by molar-refractivity contribution is -0.142. The number of aliphatic carboxylic acids is 1. The number of carbonyl (C=O) groups is 4. The van der Waals surface area contributed by atoms with Crippen LogP contribution in [0.1, 0.15) is 63.4 Å². The molecule has 42 heavy (non-hydrogen) atoms. The molecule has 4 atom stereocenters. The summed E-state index contributed by atoms with van der Waals surface area (Å²) < 4.78 is 0. The third-order valence-electron chi connectivity index (χ3n) is 7.18. The molecule has 2 rings (SSSR count). The Balaban J connectivity index is 2.25. The van der Waals surface area contributed by atoms with Crippen LogP contribution in [0.2, 0.25) is 0 Å². The first-order valence-electron chi connectivity index (χ1n) is 14.8. The summed E-state index contributed by atoms with van der Waals surface area (Å²) in [5, 5.41) is 18.6. The van der Waals surface area contributed by atoms with Crippen molar-refractivity contribution < 1.29 is 24.3 Å². The number of carboxylic acid groups (broad SMARTS) is 1. The maximum Gasteiger partial charge on any atom is 0.326 e. The number of nitrogens with two attached hydrogens (primary N) is 4. The number of nitrogens with one attached hydrogen (secondary N) is 4. The minimum atomic E-state index is -1.17. The van der Waals surface area contributed by atoms with Gasteiger partial charge in [0.2, 0.25) is 17.7 Å². The van der Waals surface area contributed by atoms with Crippen molar-refractivity contribution in [3.63, 3.8) is 0 Å². The quantitative estimate of drug-likeness (QED) is 0.0887. The second-order valence-electron chi connectivity index (χ2n) is 10.5. The molecule has 0 fully saturated rings. The molecule has 13 heteroatoms. The normalized spacial score (nSPS) is 14.1. The van der Waals surface area contributed by atoms with E-state index in [4.69, 9.17) is 22.9 Å². The minimum Gasteiger partial charge on any atom is -0.480 e. The SMILES string of the molecule is NCCCCC(N)C(=O)NC(Cc1c[nH]c2ccccc12)C(=O)NC(CCCCN)C(=O)NC(CCCCN)C(=O)O. The van der Waals surface area contributed by atoms with Gasteiger partial charge in [0.15, 0.2) is 0 Å². The van der Waals surface area contributed by atoms with Gasteiger partial charge >= 0.3 is 5.97 Å². The maximum atomic E-state index is 13.7. The van der Waals surface area contributed by atoms with E-state index >= 15 is 0 Å². The van der Waals surface area contributed by atoms with E-state index in [-0.39, 0.29) is 19.3 Å². The molecule has 0 saturated carbocycles. The van der Waals surface area contributed by atoms with Gasteiger partial charge in [0.25, 0.3) is 0 Å². The van der Waals surface area contributed by atoms with Crippen LogP contribution < -0.4 is 38.9 Å². The third kappa shape index (κ3) is 11.4. The van der Waals surface area contributed by atoms with Crippen molar-refractivity contribution in [2.45, 2.75) is 88.4 Å². The molecule has 3 amide bonds. The number of benzene rings is 1. The smallest absolute Gasteiger partial charge is 0.326 e. The first-order valence-corrected chi connectivity index (χ1v) is 14.8. The van der Waals surface area contributed by atoms with Gasteiger partial charge in [-0.05, 0) is 82.6 Å². The van der Waals surface area contributed by atoms with Crippen LogP contribution in [0.4, 0.5) is 0 Å². The Labute approximate surface area is 246 Å². The summed E-state index contributed by atoms with van der Waals surface area (Å²) in [7, 11) is 0. The highest BCUT2D eigenvalue weighted by molar-refractivity contribution is 5.94. The summed E-state index contributed by atoms with van der Waals surface area (Å²) in [5.41, 5.74) is 24.5. The van der Waals surface area contributed by atoms with Crippen molar-refractivity contribution in [1.29, 1.82) is 0 Å². The second kappa shape index (κ2) is 18.8. The van der Waals surface area contributed by atoms with Crippen LogP contribution in [0.25, 0.3) is 10.9 Å². The fourth-order valence-corrected chi connectivity index (χ4v) is 4.70. The fourth-order valence-electron chi connectivity index (χ4n) is 4.70. The van der Waals surface area contributed by atoms with Crippen molar-refractivity contribution in [1.82, 2.24) is 20.9 Å². The third-order valence-corrected chi connectivity index (χ3v) is 7.18. The molecule has 1 heterocycles. The van der Waals surface area contributed by atoms with Crippen LogP contribution in [0, 0.1) is 0 Å². The van der Waals surface area contributed by atoms with Crippen molar-refractivity contribution in [2.75, 3.05) is 19.6 Å². The van der Waals surface area contributed by atoms with E-state index in [1.54, 1.807) is 6.20 Å². The van der Waals surface area contributed by atoms with Crippen molar-refractivity contribution in [3.8, 4) is 0 Å². The molecule has 0 bridgehead atoms. The number of aromatic nitrogens is 1. The van der Waals surface area contributed by atoms with E-state index < -0.39 is 47.9 Å². The van der Waals surface area contributed by atoms with Gasteiger partial charge in [-0.3, -0.25) is 14.4 Å².